The zero-order chi connectivity index (χ0) is 14.8. The van der Waals surface area contributed by atoms with Crippen molar-refractivity contribution in [2.75, 3.05) is 0 Å². The molecule has 0 spiro atoms. The predicted octanol–water partition coefficient (Wildman–Crippen LogP) is 5.90. The van der Waals surface area contributed by atoms with Crippen molar-refractivity contribution in [2.24, 2.45) is 4.99 Å². The number of hydrogen-bond acceptors (Lipinski definition) is 2. The van der Waals surface area contributed by atoms with E-state index in [2.05, 4.69) is 16.9 Å². The van der Waals surface area contributed by atoms with Gasteiger partial charge in [0.05, 0.1) is 10.7 Å². The van der Waals surface area contributed by atoms with Crippen molar-refractivity contribution in [3.8, 4) is 0 Å². The van der Waals surface area contributed by atoms with Gasteiger partial charge in [-0.15, -0.1) is 11.3 Å². The summed E-state index contributed by atoms with van der Waals surface area (Å²) in [4.78, 5) is 5.80. The number of aromatic nitrogens is 1. The fraction of sp³-hybridized carbons (Fsp3) is 0.438. The second-order valence-corrected chi connectivity index (χ2v) is 7.21. The molecular weight excluding hydrogens is 323 g/mol. The Bertz CT molecular complexity index is 697. The van der Waals surface area contributed by atoms with Gasteiger partial charge < -0.3 is 4.57 Å². The van der Waals surface area contributed by atoms with Gasteiger partial charge in [0, 0.05) is 22.1 Å². The lowest BCUT2D eigenvalue weighted by atomic mass is 9.95. The lowest BCUT2D eigenvalue weighted by Gasteiger charge is -2.24. The van der Waals surface area contributed by atoms with Gasteiger partial charge in [0.1, 0.15) is 0 Å². The van der Waals surface area contributed by atoms with Crippen molar-refractivity contribution < 1.29 is 0 Å². The Morgan fingerprint density at radius 1 is 1.19 bits per heavy atom. The van der Waals surface area contributed by atoms with E-state index in [9.17, 15) is 0 Å². The Morgan fingerprint density at radius 3 is 2.67 bits per heavy atom. The SMILES string of the molecule is Cc1csc(=Nc2ccc(Cl)cc2Cl)n1C1CCCCC1. The van der Waals surface area contributed by atoms with E-state index >= 15 is 0 Å². The van der Waals surface area contributed by atoms with Gasteiger partial charge in [-0.3, -0.25) is 0 Å². The molecule has 0 N–H and O–H groups in total. The maximum Gasteiger partial charge on any atom is 0.190 e. The number of hydrogen-bond donors (Lipinski definition) is 0. The second kappa shape index (κ2) is 6.55. The zero-order valence-electron chi connectivity index (χ0n) is 12.0. The Labute approximate surface area is 139 Å². The molecule has 1 fully saturated rings. The average Bonchev–Trinajstić information content (AvgIpc) is 2.84. The highest BCUT2D eigenvalue weighted by atomic mass is 35.5. The molecule has 3 rings (SSSR count). The van der Waals surface area contributed by atoms with Crippen LogP contribution in [0.15, 0.2) is 28.6 Å². The summed E-state index contributed by atoms with van der Waals surface area (Å²) in [5.74, 6) is 0. The molecule has 1 aliphatic rings. The normalized spacial score (nSPS) is 17.4. The van der Waals surface area contributed by atoms with Crippen LogP contribution in [0.5, 0.6) is 0 Å². The summed E-state index contributed by atoms with van der Waals surface area (Å²) in [6, 6.07) is 6.03. The van der Waals surface area contributed by atoms with Crippen LogP contribution in [0.2, 0.25) is 10.0 Å². The monoisotopic (exact) mass is 340 g/mol. The number of aryl methyl sites for hydroxylation is 1. The molecule has 1 saturated carbocycles. The molecule has 2 aromatic rings. The molecule has 112 valence electrons. The first-order valence-electron chi connectivity index (χ1n) is 7.31. The molecule has 0 bridgehead atoms. The molecule has 1 aliphatic carbocycles. The quantitative estimate of drug-likeness (QED) is 0.647. The van der Waals surface area contributed by atoms with Gasteiger partial charge in [-0.25, -0.2) is 4.99 Å². The maximum absolute atomic E-state index is 6.24. The van der Waals surface area contributed by atoms with Crippen molar-refractivity contribution in [2.45, 2.75) is 45.1 Å². The van der Waals surface area contributed by atoms with Crippen molar-refractivity contribution in [3.05, 3.63) is 44.1 Å². The van der Waals surface area contributed by atoms with Crippen LogP contribution in [0.4, 0.5) is 5.69 Å². The summed E-state index contributed by atoms with van der Waals surface area (Å²) >= 11 is 13.9. The van der Waals surface area contributed by atoms with E-state index in [1.165, 1.54) is 37.8 Å². The largest absolute Gasteiger partial charge is 0.318 e. The molecule has 0 saturated heterocycles. The van der Waals surface area contributed by atoms with Crippen LogP contribution in [-0.2, 0) is 0 Å². The summed E-state index contributed by atoms with van der Waals surface area (Å²) in [6.45, 7) is 2.16. The molecule has 1 aromatic carbocycles. The van der Waals surface area contributed by atoms with Crippen LogP contribution in [-0.4, -0.2) is 4.57 Å². The van der Waals surface area contributed by atoms with E-state index in [-0.39, 0.29) is 0 Å². The highest BCUT2D eigenvalue weighted by Gasteiger charge is 2.18. The van der Waals surface area contributed by atoms with Gasteiger partial charge >= 0.3 is 0 Å². The third-order valence-corrected chi connectivity index (χ3v) is 5.48. The van der Waals surface area contributed by atoms with Crippen LogP contribution in [0, 0.1) is 6.92 Å². The van der Waals surface area contributed by atoms with Crippen LogP contribution < -0.4 is 4.80 Å². The van der Waals surface area contributed by atoms with E-state index in [1.54, 1.807) is 17.4 Å². The molecule has 0 aliphatic heterocycles. The van der Waals surface area contributed by atoms with Crippen LogP contribution in [0.3, 0.4) is 0 Å². The van der Waals surface area contributed by atoms with E-state index < -0.39 is 0 Å². The second-order valence-electron chi connectivity index (χ2n) is 5.53. The minimum Gasteiger partial charge on any atom is -0.318 e. The van der Waals surface area contributed by atoms with Gasteiger partial charge in [0.25, 0.3) is 0 Å². The number of nitrogens with zero attached hydrogens (tertiary/aromatic N) is 2. The minimum absolute atomic E-state index is 0.579. The average molecular weight is 341 g/mol. The van der Waals surface area contributed by atoms with Crippen molar-refractivity contribution >= 4 is 40.2 Å². The van der Waals surface area contributed by atoms with Gasteiger partial charge in [-0.2, -0.15) is 0 Å². The molecule has 2 nitrogen and oxygen atoms in total. The predicted molar refractivity (Wildman–Crippen MR) is 90.9 cm³/mol. The van der Waals surface area contributed by atoms with E-state index in [1.807, 2.05) is 12.1 Å². The number of benzene rings is 1. The minimum atomic E-state index is 0.579. The Balaban J connectivity index is 2.04. The first kappa shape index (κ1) is 15.1. The van der Waals surface area contributed by atoms with Crippen molar-refractivity contribution in [1.29, 1.82) is 0 Å². The lowest BCUT2D eigenvalue weighted by molar-refractivity contribution is 0.344. The number of halogens is 2. The smallest absolute Gasteiger partial charge is 0.190 e. The third-order valence-electron chi connectivity index (χ3n) is 3.99. The Hall–Kier alpha value is -0.770. The van der Waals surface area contributed by atoms with E-state index in [4.69, 9.17) is 28.2 Å². The molecule has 0 atom stereocenters. The summed E-state index contributed by atoms with van der Waals surface area (Å²) < 4.78 is 2.38. The van der Waals surface area contributed by atoms with Gasteiger partial charge in [-0.05, 0) is 38.0 Å². The highest BCUT2D eigenvalue weighted by molar-refractivity contribution is 7.07. The molecule has 21 heavy (non-hydrogen) atoms. The highest BCUT2D eigenvalue weighted by Crippen LogP contribution is 2.30. The number of rotatable bonds is 2. The summed E-state index contributed by atoms with van der Waals surface area (Å²) in [6.07, 6.45) is 6.48. The Morgan fingerprint density at radius 2 is 1.95 bits per heavy atom. The Kier molecular flexibility index (Phi) is 4.72. The zero-order valence-corrected chi connectivity index (χ0v) is 14.3. The van der Waals surface area contributed by atoms with Gasteiger partial charge in [0.15, 0.2) is 4.80 Å². The van der Waals surface area contributed by atoms with Crippen molar-refractivity contribution in [3.63, 3.8) is 0 Å². The standard InChI is InChI=1S/C16H18Cl2N2S/c1-11-10-21-16(20(11)13-5-3-2-4-6-13)19-15-8-7-12(17)9-14(15)18/h7-10,13H,2-6H2,1H3. The van der Waals surface area contributed by atoms with Crippen LogP contribution >= 0.6 is 34.5 Å². The fourth-order valence-corrected chi connectivity index (χ4v) is 4.34. The van der Waals surface area contributed by atoms with Crippen molar-refractivity contribution in [1.82, 2.24) is 4.57 Å². The molecule has 0 unspecified atom stereocenters. The van der Waals surface area contributed by atoms with Crippen LogP contribution in [0.25, 0.3) is 0 Å². The number of thiazole rings is 1. The van der Waals surface area contributed by atoms with Gasteiger partial charge in [0.2, 0.25) is 0 Å². The summed E-state index contributed by atoms with van der Waals surface area (Å²) in [5.41, 5.74) is 2.07. The molecule has 0 amide bonds. The third kappa shape index (κ3) is 3.36. The van der Waals surface area contributed by atoms with E-state index in [0.717, 1.165) is 10.5 Å². The first-order chi connectivity index (χ1) is 10.1. The lowest BCUT2D eigenvalue weighted by Crippen LogP contribution is -2.23. The topological polar surface area (TPSA) is 17.3 Å². The molecule has 5 heteroatoms. The summed E-state index contributed by atoms with van der Waals surface area (Å²) in [5, 5.41) is 3.42. The molecule has 1 aromatic heterocycles. The molecular formula is C16H18Cl2N2S. The maximum atomic E-state index is 6.24. The van der Waals surface area contributed by atoms with Gasteiger partial charge in [-0.1, -0.05) is 42.5 Å². The first-order valence-corrected chi connectivity index (χ1v) is 8.95. The molecule has 1 heterocycles. The fourth-order valence-electron chi connectivity index (χ4n) is 2.94. The van der Waals surface area contributed by atoms with E-state index in [0.29, 0.717) is 16.1 Å². The molecule has 0 radical (unpaired) electrons. The summed E-state index contributed by atoms with van der Waals surface area (Å²) in [7, 11) is 0. The van der Waals surface area contributed by atoms with Crippen LogP contribution in [0.1, 0.15) is 43.8 Å².